The van der Waals surface area contributed by atoms with Crippen molar-refractivity contribution in [1.29, 1.82) is 0 Å². The van der Waals surface area contributed by atoms with Crippen LogP contribution in [-0.4, -0.2) is 36.8 Å². The van der Waals surface area contributed by atoms with Gasteiger partial charge in [-0.15, -0.1) is 0 Å². The predicted molar refractivity (Wildman–Crippen MR) is 76.0 cm³/mol. The minimum absolute atomic E-state index is 0.156. The first kappa shape index (κ1) is 15.8. The second-order valence-electron chi connectivity index (χ2n) is 4.28. The molecule has 4 N–H and O–H groups in total. The largest absolute Gasteiger partial charge is 0.495 e. The number of urea groups is 1. The van der Waals surface area contributed by atoms with Gasteiger partial charge in [0.1, 0.15) is 5.75 Å². The van der Waals surface area contributed by atoms with Crippen LogP contribution in [0.5, 0.6) is 5.75 Å². The molecule has 0 fully saturated rings. The Bertz CT molecular complexity index is 491. The van der Waals surface area contributed by atoms with E-state index in [9.17, 15) is 9.59 Å². The lowest BCUT2D eigenvalue weighted by atomic mass is 10.2. The number of nitrogens with one attached hydrogen (secondary N) is 3. The number of aliphatic hydroxyl groups is 1. The number of aliphatic hydroxyl groups excluding tert-OH is 1. The molecule has 0 aliphatic carbocycles. The van der Waals surface area contributed by atoms with E-state index in [1.807, 2.05) is 0 Å². The third-order valence-electron chi connectivity index (χ3n) is 2.42. The molecule has 7 heteroatoms. The summed E-state index contributed by atoms with van der Waals surface area (Å²) in [5.74, 6) is 0.255. The van der Waals surface area contributed by atoms with Crippen LogP contribution in [0.3, 0.4) is 0 Å². The van der Waals surface area contributed by atoms with E-state index >= 15 is 0 Å². The molecule has 0 aliphatic rings. The zero-order chi connectivity index (χ0) is 15.1. The Kier molecular flexibility index (Phi) is 5.79. The molecule has 0 saturated heterocycles. The van der Waals surface area contributed by atoms with Crippen LogP contribution in [0.1, 0.15) is 13.8 Å². The van der Waals surface area contributed by atoms with Crippen molar-refractivity contribution < 1.29 is 19.4 Å². The third-order valence-corrected chi connectivity index (χ3v) is 2.42. The van der Waals surface area contributed by atoms with Crippen LogP contribution in [0.25, 0.3) is 0 Å². The molecule has 3 amide bonds. The van der Waals surface area contributed by atoms with Gasteiger partial charge in [-0.25, -0.2) is 4.79 Å². The third kappa shape index (κ3) is 4.77. The molecular formula is C13H19N3O4. The number of carbonyl (C=O) groups is 2. The van der Waals surface area contributed by atoms with Gasteiger partial charge in [-0.05, 0) is 25.1 Å². The van der Waals surface area contributed by atoms with E-state index in [-0.39, 0.29) is 18.6 Å². The van der Waals surface area contributed by atoms with Crippen LogP contribution >= 0.6 is 0 Å². The maximum atomic E-state index is 11.7. The summed E-state index contributed by atoms with van der Waals surface area (Å²) >= 11 is 0. The van der Waals surface area contributed by atoms with Gasteiger partial charge in [-0.2, -0.15) is 0 Å². The topological polar surface area (TPSA) is 99.7 Å². The van der Waals surface area contributed by atoms with E-state index in [1.165, 1.54) is 14.0 Å². The van der Waals surface area contributed by atoms with Gasteiger partial charge >= 0.3 is 6.03 Å². The number of ether oxygens (including phenoxy) is 1. The number of hydrogen-bond donors (Lipinski definition) is 4. The van der Waals surface area contributed by atoms with Crippen molar-refractivity contribution in [3.63, 3.8) is 0 Å². The van der Waals surface area contributed by atoms with Crippen molar-refractivity contribution >= 4 is 23.3 Å². The molecule has 1 aromatic rings. The quantitative estimate of drug-likeness (QED) is 0.650. The van der Waals surface area contributed by atoms with Gasteiger partial charge in [0.05, 0.1) is 25.4 Å². The van der Waals surface area contributed by atoms with Gasteiger partial charge in [0.15, 0.2) is 0 Å². The SMILES string of the molecule is COc1ccc(NC(C)=O)cc1NC(=O)N[C@@H](C)CO. The first-order valence-electron chi connectivity index (χ1n) is 6.10. The van der Waals surface area contributed by atoms with Crippen LogP contribution in [0, 0.1) is 0 Å². The summed E-state index contributed by atoms with van der Waals surface area (Å²) < 4.78 is 5.13. The number of methoxy groups -OCH3 is 1. The lowest BCUT2D eigenvalue weighted by molar-refractivity contribution is -0.114. The second-order valence-corrected chi connectivity index (χ2v) is 4.28. The number of anilines is 2. The Morgan fingerprint density at radius 2 is 2.05 bits per heavy atom. The second kappa shape index (κ2) is 7.34. The fourth-order valence-electron chi connectivity index (χ4n) is 1.51. The van der Waals surface area contributed by atoms with E-state index in [0.29, 0.717) is 17.1 Å². The average Bonchev–Trinajstić information content (AvgIpc) is 2.38. The summed E-state index contributed by atoms with van der Waals surface area (Å²) in [5.41, 5.74) is 0.963. The highest BCUT2D eigenvalue weighted by molar-refractivity contribution is 5.94. The molecule has 1 aromatic carbocycles. The molecular weight excluding hydrogens is 262 g/mol. The summed E-state index contributed by atoms with van der Waals surface area (Å²) in [5, 5.41) is 16.6. The molecule has 0 unspecified atom stereocenters. The highest BCUT2D eigenvalue weighted by Gasteiger charge is 2.11. The molecule has 1 rings (SSSR count). The monoisotopic (exact) mass is 281 g/mol. The smallest absolute Gasteiger partial charge is 0.319 e. The van der Waals surface area contributed by atoms with Crippen molar-refractivity contribution in [3.8, 4) is 5.75 Å². The fourth-order valence-corrected chi connectivity index (χ4v) is 1.51. The van der Waals surface area contributed by atoms with Crippen molar-refractivity contribution in [1.82, 2.24) is 5.32 Å². The van der Waals surface area contributed by atoms with Gasteiger partial charge in [0.2, 0.25) is 5.91 Å². The lowest BCUT2D eigenvalue weighted by Gasteiger charge is -2.15. The Hall–Kier alpha value is -2.28. The zero-order valence-corrected chi connectivity index (χ0v) is 11.7. The zero-order valence-electron chi connectivity index (χ0n) is 11.7. The minimum atomic E-state index is -0.468. The van der Waals surface area contributed by atoms with Gasteiger partial charge in [-0.1, -0.05) is 0 Å². The molecule has 0 aliphatic heterocycles. The van der Waals surface area contributed by atoms with Crippen molar-refractivity contribution in [2.45, 2.75) is 19.9 Å². The molecule has 110 valence electrons. The van der Waals surface area contributed by atoms with Gasteiger partial charge in [0, 0.05) is 12.6 Å². The van der Waals surface area contributed by atoms with E-state index in [4.69, 9.17) is 9.84 Å². The first-order valence-corrected chi connectivity index (χ1v) is 6.10. The van der Waals surface area contributed by atoms with Crippen molar-refractivity contribution in [3.05, 3.63) is 18.2 Å². The number of carbonyl (C=O) groups excluding carboxylic acids is 2. The summed E-state index contributed by atoms with van der Waals surface area (Å²) in [6.45, 7) is 2.91. The fraction of sp³-hybridized carbons (Fsp3) is 0.385. The maximum absolute atomic E-state index is 11.7. The van der Waals surface area contributed by atoms with E-state index in [1.54, 1.807) is 25.1 Å². The van der Waals surface area contributed by atoms with E-state index in [0.717, 1.165) is 0 Å². The number of benzene rings is 1. The highest BCUT2D eigenvalue weighted by atomic mass is 16.5. The normalized spacial score (nSPS) is 11.4. The van der Waals surface area contributed by atoms with Gasteiger partial charge in [-0.3, -0.25) is 4.79 Å². The van der Waals surface area contributed by atoms with Gasteiger partial charge < -0.3 is 25.8 Å². The Morgan fingerprint density at radius 3 is 2.60 bits per heavy atom. The molecule has 0 bridgehead atoms. The number of rotatable bonds is 5. The summed E-state index contributed by atoms with van der Waals surface area (Å²) in [6, 6.07) is 4.06. The highest BCUT2D eigenvalue weighted by Crippen LogP contribution is 2.27. The molecule has 0 saturated carbocycles. The molecule has 7 nitrogen and oxygen atoms in total. The summed E-state index contributed by atoms with van der Waals surface area (Å²) in [7, 11) is 1.48. The van der Waals surface area contributed by atoms with Gasteiger partial charge in [0.25, 0.3) is 0 Å². The molecule has 1 atom stereocenters. The molecule has 0 heterocycles. The van der Waals surface area contributed by atoms with Crippen LogP contribution in [0.2, 0.25) is 0 Å². The number of hydrogen-bond acceptors (Lipinski definition) is 4. The van der Waals surface area contributed by atoms with Crippen LogP contribution in [0.4, 0.5) is 16.2 Å². The number of amides is 3. The average molecular weight is 281 g/mol. The van der Waals surface area contributed by atoms with E-state index in [2.05, 4.69) is 16.0 Å². The van der Waals surface area contributed by atoms with Crippen molar-refractivity contribution in [2.75, 3.05) is 24.4 Å². The van der Waals surface area contributed by atoms with Crippen LogP contribution in [-0.2, 0) is 4.79 Å². The standard InChI is InChI=1S/C13H19N3O4/c1-8(7-17)14-13(19)16-11-6-10(15-9(2)18)4-5-12(11)20-3/h4-6,8,17H,7H2,1-3H3,(H,15,18)(H2,14,16,19)/t8-/m0/s1. The molecule has 0 radical (unpaired) electrons. The Morgan fingerprint density at radius 1 is 1.35 bits per heavy atom. The molecule has 0 spiro atoms. The van der Waals surface area contributed by atoms with Crippen LogP contribution < -0.4 is 20.7 Å². The summed E-state index contributed by atoms with van der Waals surface area (Å²) in [6.07, 6.45) is 0. The lowest BCUT2D eigenvalue weighted by Crippen LogP contribution is -2.38. The molecule has 0 aromatic heterocycles. The van der Waals surface area contributed by atoms with E-state index < -0.39 is 6.03 Å². The minimum Gasteiger partial charge on any atom is -0.495 e. The predicted octanol–water partition coefficient (Wildman–Crippen LogP) is 1.16. The maximum Gasteiger partial charge on any atom is 0.319 e. The molecule has 20 heavy (non-hydrogen) atoms. The Balaban J connectivity index is 2.85. The Labute approximate surface area is 117 Å². The first-order chi connectivity index (χ1) is 9.46. The van der Waals surface area contributed by atoms with Crippen LogP contribution in [0.15, 0.2) is 18.2 Å². The van der Waals surface area contributed by atoms with Crippen molar-refractivity contribution in [2.24, 2.45) is 0 Å². The summed E-state index contributed by atoms with van der Waals surface area (Å²) in [4.78, 5) is 22.7.